The predicted molar refractivity (Wildman–Crippen MR) is 397 cm³/mol. The Kier molecular flexibility index (Phi) is 35.9. The van der Waals surface area contributed by atoms with E-state index >= 15 is 0 Å². The molecule has 12 amide bonds. The lowest BCUT2D eigenvalue weighted by molar-refractivity contribution is -0.142. The Balaban J connectivity index is 1.38. The van der Waals surface area contributed by atoms with Crippen LogP contribution in [0, 0.1) is 17.8 Å². The Labute approximate surface area is 630 Å². The van der Waals surface area contributed by atoms with Crippen molar-refractivity contribution in [1.82, 2.24) is 78.4 Å². The molecule has 0 fully saturated rings. The fourth-order valence-corrected chi connectivity index (χ4v) is 11.4. The van der Waals surface area contributed by atoms with Gasteiger partial charge in [0.1, 0.15) is 72.2 Å². The normalized spacial score (nSPS) is 14.5. The zero-order valence-corrected chi connectivity index (χ0v) is 62.1. The number of hydrogen-bond donors (Lipinski definition) is 19. The summed E-state index contributed by atoms with van der Waals surface area (Å²) in [5.74, 6) is -15.2. The predicted octanol–water partition coefficient (Wildman–Crippen LogP) is -1.27. The quantitative estimate of drug-likeness (QED) is 0.0202. The zero-order valence-electron chi connectivity index (χ0n) is 62.1. The second-order valence-electron chi connectivity index (χ2n) is 27.8. The van der Waals surface area contributed by atoms with Gasteiger partial charge in [-0.1, -0.05) is 114 Å². The van der Waals surface area contributed by atoms with E-state index in [0.717, 1.165) is 0 Å². The summed E-state index contributed by atoms with van der Waals surface area (Å²) in [6.45, 7) is 11.4. The number of nitrogens with zero attached hydrogens (tertiary/aromatic N) is 2. The highest BCUT2D eigenvalue weighted by Crippen LogP contribution is 2.17. The van der Waals surface area contributed by atoms with Crippen LogP contribution < -0.4 is 75.7 Å². The minimum atomic E-state index is -1.67. The summed E-state index contributed by atoms with van der Waals surface area (Å²) >= 11 is 0. The summed E-state index contributed by atoms with van der Waals surface area (Å²) in [6, 6.07) is 5.79. The number of aromatic amines is 2. The number of aromatic hydroxyl groups is 1. The van der Waals surface area contributed by atoms with Gasteiger partial charge in [-0.25, -0.2) is 9.97 Å². The summed E-state index contributed by atoms with van der Waals surface area (Å²) in [4.78, 5) is 208. The molecular weight excluding hydrogens is 1410 g/mol. The third kappa shape index (κ3) is 30.6. The van der Waals surface area contributed by atoms with Gasteiger partial charge in [0.25, 0.3) is 0 Å². The molecule has 3 aromatic carbocycles. The summed E-state index contributed by atoms with van der Waals surface area (Å²) in [6.07, 6.45) is 3.09. The Morgan fingerprint density at radius 1 is 0.413 bits per heavy atom. The Morgan fingerprint density at radius 3 is 1.18 bits per heavy atom. The highest BCUT2D eigenvalue weighted by atomic mass is 16.4. The molecule has 0 saturated carbocycles. The first-order valence-electron chi connectivity index (χ1n) is 36.1. The Morgan fingerprint density at radius 2 is 0.780 bits per heavy atom. The average molecular weight is 1520 g/mol. The van der Waals surface area contributed by atoms with Crippen LogP contribution >= 0.6 is 0 Å². The van der Waals surface area contributed by atoms with Crippen molar-refractivity contribution in [3.05, 3.63) is 138 Å². The molecule has 35 heteroatoms. The molecule has 0 spiro atoms. The first-order valence-corrected chi connectivity index (χ1v) is 36.1. The molecule has 592 valence electrons. The molecular formula is C74H104N18O17. The maximum absolute atomic E-state index is 14.8. The third-order valence-corrected chi connectivity index (χ3v) is 17.5. The molecule has 0 saturated heterocycles. The van der Waals surface area contributed by atoms with Crippen molar-refractivity contribution in [3.8, 4) is 5.75 Å². The van der Waals surface area contributed by atoms with Crippen molar-refractivity contribution in [2.24, 2.45) is 35.0 Å². The highest BCUT2D eigenvalue weighted by Gasteiger charge is 2.39. The van der Waals surface area contributed by atoms with Crippen LogP contribution in [-0.2, 0) is 99.2 Å². The lowest BCUT2D eigenvalue weighted by Crippen LogP contribution is -2.62. The zero-order chi connectivity index (χ0) is 80.4. The number of amides is 12. The van der Waals surface area contributed by atoms with E-state index in [9.17, 15) is 82.4 Å². The number of aliphatic carboxylic acids is 2. The number of carboxylic acids is 2. The van der Waals surface area contributed by atoms with Gasteiger partial charge in [-0.15, -0.1) is 0 Å². The van der Waals surface area contributed by atoms with Gasteiger partial charge in [0.05, 0.1) is 30.1 Å². The molecule has 109 heavy (non-hydrogen) atoms. The van der Waals surface area contributed by atoms with Crippen molar-refractivity contribution in [2.75, 3.05) is 6.54 Å². The number of primary amides is 1. The van der Waals surface area contributed by atoms with Crippen LogP contribution in [0.3, 0.4) is 0 Å². The number of carboxylic acid groups (broad SMARTS) is 2. The second kappa shape index (κ2) is 44.5. The van der Waals surface area contributed by atoms with Crippen LogP contribution in [0.15, 0.2) is 110 Å². The number of carbonyl (C=O) groups is 14. The molecule has 0 radical (unpaired) electrons. The summed E-state index contributed by atoms with van der Waals surface area (Å²) < 4.78 is 0. The van der Waals surface area contributed by atoms with E-state index in [4.69, 9.17) is 17.2 Å². The van der Waals surface area contributed by atoms with E-state index in [2.05, 4.69) is 78.4 Å². The molecule has 35 nitrogen and oxygen atoms in total. The number of hydrogen-bond acceptors (Lipinski definition) is 19. The summed E-state index contributed by atoms with van der Waals surface area (Å²) in [5.41, 5.74) is 19.9. The van der Waals surface area contributed by atoms with Crippen LogP contribution in [-0.4, -0.2) is 197 Å². The van der Waals surface area contributed by atoms with Crippen molar-refractivity contribution < 1.29 is 82.4 Å². The number of imidazole rings is 2. The van der Waals surface area contributed by atoms with Crippen molar-refractivity contribution in [2.45, 2.75) is 204 Å². The van der Waals surface area contributed by atoms with Crippen molar-refractivity contribution >= 4 is 82.8 Å². The second-order valence-corrected chi connectivity index (χ2v) is 27.8. The lowest BCUT2D eigenvalue weighted by atomic mass is 9.98. The first-order chi connectivity index (χ1) is 51.7. The summed E-state index contributed by atoms with van der Waals surface area (Å²) in [7, 11) is 0. The van der Waals surface area contributed by atoms with Gasteiger partial charge >= 0.3 is 11.9 Å². The molecule has 0 aliphatic heterocycles. The van der Waals surface area contributed by atoms with Crippen LogP contribution in [0.5, 0.6) is 5.75 Å². The number of phenolic OH excluding ortho intramolecular Hbond substituents is 1. The van der Waals surface area contributed by atoms with Gasteiger partial charge < -0.3 is 101 Å². The van der Waals surface area contributed by atoms with E-state index in [0.29, 0.717) is 23.1 Å². The van der Waals surface area contributed by atoms with Crippen LogP contribution in [0.25, 0.3) is 0 Å². The number of benzene rings is 3. The SMILES string of the molecule is CC(C)C[C@H](NC(=O)[C@H](CCCCN)NC(=O)[C@H](CCC(N)=O)NC(=O)[C@H](Cc1c[nH]cn1)NC(=O)[C@H](Cc1c[nH]cn1)NC(=O)[C@@H](NC(=O)[C@H](CCC(=O)O)NC(=O)[C@@H](N)Cc1ccc(O)cc1)C(C)C)C(=O)N[C@H](C(=O)N[C@@H](Cc1ccccc1)C(=O)N[C@@H](Cc1ccccc1)C(=O)N[C@@H](C)C(=O)O)C(C)C. The molecule has 2 heterocycles. The largest absolute Gasteiger partial charge is 0.508 e. The monoisotopic (exact) mass is 1520 g/mol. The Bertz CT molecular complexity index is 3830. The van der Waals surface area contributed by atoms with Crippen LogP contribution in [0.1, 0.15) is 128 Å². The number of aromatic nitrogens is 4. The maximum atomic E-state index is 14.8. The van der Waals surface area contributed by atoms with Crippen molar-refractivity contribution in [3.63, 3.8) is 0 Å². The number of carbonyl (C=O) groups excluding carboxylic acids is 12. The fourth-order valence-electron chi connectivity index (χ4n) is 11.4. The van der Waals surface area contributed by atoms with Gasteiger partial charge in [0.2, 0.25) is 70.9 Å². The van der Waals surface area contributed by atoms with E-state index in [1.807, 2.05) is 0 Å². The fraction of sp³-hybridized carbons (Fsp3) is 0.486. The molecule has 2 aromatic heterocycles. The van der Waals surface area contributed by atoms with Crippen LogP contribution in [0.4, 0.5) is 0 Å². The summed E-state index contributed by atoms with van der Waals surface area (Å²) in [5, 5.41) is 57.7. The molecule has 12 atom stereocenters. The Hall–Kier alpha value is -11.6. The molecule has 5 rings (SSSR count). The third-order valence-electron chi connectivity index (χ3n) is 17.5. The van der Waals surface area contributed by atoms with E-state index < -0.39 is 193 Å². The number of nitrogens with two attached hydrogens (primary N) is 3. The van der Waals surface area contributed by atoms with Gasteiger partial charge in [-0.3, -0.25) is 67.1 Å². The molecule has 0 bridgehead atoms. The van der Waals surface area contributed by atoms with Gasteiger partial charge in [-0.05, 0) is 105 Å². The highest BCUT2D eigenvalue weighted by molar-refractivity contribution is 6.00. The van der Waals surface area contributed by atoms with Gasteiger partial charge in [0.15, 0.2) is 0 Å². The van der Waals surface area contributed by atoms with Crippen molar-refractivity contribution in [1.29, 1.82) is 0 Å². The minimum absolute atomic E-state index is 0.0158. The smallest absolute Gasteiger partial charge is 0.325 e. The average Bonchev–Trinajstić information content (AvgIpc) is 1.64. The number of nitrogens with one attached hydrogen (secondary N) is 13. The number of H-pyrrole nitrogens is 2. The molecule has 22 N–H and O–H groups in total. The number of unbranched alkanes of at least 4 members (excludes halogenated alkanes) is 1. The van der Waals surface area contributed by atoms with Gasteiger partial charge in [-0.2, -0.15) is 0 Å². The van der Waals surface area contributed by atoms with E-state index in [1.165, 1.54) is 56.2 Å². The maximum Gasteiger partial charge on any atom is 0.325 e. The van der Waals surface area contributed by atoms with Crippen LogP contribution in [0.2, 0.25) is 0 Å². The first kappa shape index (κ1) is 88.0. The lowest BCUT2D eigenvalue weighted by Gasteiger charge is -2.30. The van der Waals surface area contributed by atoms with E-state index in [-0.39, 0.29) is 81.0 Å². The molecule has 0 aliphatic carbocycles. The number of rotatable bonds is 47. The standard InChI is InChI=1S/C74H104N18O17/c1-40(2)30-54(71(105)92-62(42(5)6)72(106)89-56(33-45-18-12-9-13-19-45)68(102)87-55(32-44-16-10-8-11-17-44)67(101)82-43(7)74(108)109)86-64(98)51(20-14-15-29-75)84-65(99)52(25-27-59(77)94)85-69(103)57(34-47-36-78-38-80-47)88-70(104)58(35-48-37-79-39-81-48)90-73(107)61(41(3)4)91-66(100)53(26-28-60(95)96)83-63(97)50(76)31-46-21-23-49(93)24-22-46/h8-13,16-19,21-24,36-43,50-58,61-62,93H,14-15,20,25-35,75-76H2,1-7H3,(H2,77,94)(H,78,80)(H,79,81)(H,82,101)(H,83,97)(H,84,99)(H,85,103)(H,86,98)(H,87,102)(H,88,104)(H,89,106)(H,90,107)(H,91,100)(H,92,105)(H,95,96)(H,108,109)/t43-,50-,51-,52-,53-,54-,55-,56-,57-,58-,61-,62-/m0/s1. The van der Waals surface area contributed by atoms with Gasteiger partial charge in [0, 0.05) is 50.9 Å². The molecule has 0 aliphatic rings. The van der Waals surface area contributed by atoms with E-state index in [1.54, 1.807) is 102 Å². The molecule has 5 aromatic rings. The minimum Gasteiger partial charge on any atom is -0.508 e. The topological polar surface area (TPSA) is 567 Å². The number of phenols is 1. The molecule has 0 unspecified atom stereocenters.